The first-order valence-corrected chi connectivity index (χ1v) is 6.31. The van der Waals surface area contributed by atoms with Gasteiger partial charge in [0.1, 0.15) is 11.8 Å². The van der Waals surface area contributed by atoms with Crippen LogP contribution in [0.2, 0.25) is 0 Å². The van der Waals surface area contributed by atoms with E-state index >= 15 is 0 Å². The third kappa shape index (κ3) is 4.80. The number of carbonyl (C=O) groups excluding carboxylic acids is 2. The van der Waals surface area contributed by atoms with Gasteiger partial charge in [0, 0.05) is 5.75 Å². The van der Waals surface area contributed by atoms with E-state index in [1.165, 1.54) is 12.1 Å². The molecule has 0 aliphatic carbocycles. The zero-order valence-corrected chi connectivity index (χ0v) is 11.1. The fourth-order valence-corrected chi connectivity index (χ4v) is 1.74. The minimum atomic E-state index is -0.832. The fraction of sp³-hybridized carbons (Fsp3) is 0.333. The molecule has 0 aliphatic heterocycles. The maximum Gasteiger partial charge on any atom is 0.240 e. The average Bonchev–Trinajstić information content (AvgIpc) is 2.37. The molecule has 0 saturated carbocycles. The maximum absolute atomic E-state index is 11.8. The first-order chi connectivity index (χ1) is 8.93. The topological polar surface area (TPSA) is 118 Å². The Balaban J connectivity index is 2.57. The highest BCUT2D eigenvalue weighted by Gasteiger charge is 2.20. The van der Waals surface area contributed by atoms with Crippen molar-refractivity contribution in [3.05, 3.63) is 29.8 Å². The second-order valence-corrected chi connectivity index (χ2v) is 4.49. The van der Waals surface area contributed by atoms with Gasteiger partial charge >= 0.3 is 0 Å². The van der Waals surface area contributed by atoms with Crippen LogP contribution >= 0.6 is 12.6 Å². The number of amides is 2. The van der Waals surface area contributed by atoms with Gasteiger partial charge in [-0.1, -0.05) is 12.1 Å². The predicted octanol–water partition coefficient (Wildman–Crippen LogP) is -0.838. The Labute approximate surface area is 116 Å². The lowest BCUT2D eigenvalue weighted by Gasteiger charge is -2.17. The van der Waals surface area contributed by atoms with E-state index in [0.29, 0.717) is 6.42 Å². The smallest absolute Gasteiger partial charge is 0.240 e. The van der Waals surface area contributed by atoms with Crippen LogP contribution in [0.1, 0.15) is 5.56 Å². The van der Waals surface area contributed by atoms with Crippen LogP contribution in [0, 0.1) is 0 Å². The quantitative estimate of drug-likeness (QED) is 0.437. The molecule has 1 rings (SSSR count). The highest BCUT2D eigenvalue weighted by molar-refractivity contribution is 7.80. The molecule has 0 unspecified atom stereocenters. The molecule has 0 radical (unpaired) electrons. The largest absolute Gasteiger partial charge is 0.508 e. The van der Waals surface area contributed by atoms with Crippen molar-refractivity contribution < 1.29 is 14.7 Å². The van der Waals surface area contributed by atoms with Gasteiger partial charge in [0.2, 0.25) is 11.8 Å². The third-order valence-electron chi connectivity index (χ3n) is 2.57. The van der Waals surface area contributed by atoms with Crippen molar-refractivity contribution in [3.8, 4) is 5.75 Å². The van der Waals surface area contributed by atoms with E-state index < -0.39 is 23.9 Å². The molecule has 0 fully saturated rings. The van der Waals surface area contributed by atoms with Crippen molar-refractivity contribution >= 4 is 24.4 Å². The van der Waals surface area contributed by atoms with Crippen LogP contribution in [0.3, 0.4) is 0 Å². The zero-order valence-electron chi connectivity index (χ0n) is 10.2. The molecule has 2 atom stereocenters. The maximum atomic E-state index is 11.8. The van der Waals surface area contributed by atoms with Crippen molar-refractivity contribution in [1.29, 1.82) is 0 Å². The SMILES string of the molecule is NC(=O)[C@H](CS)NC(=O)[C@@H](N)Cc1ccc(O)cc1. The summed E-state index contributed by atoms with van der Waals surface area (Å²) in [6.07, 6.45) is 0.296. The minimum absolute atomic E-state index is 0.118. The van der Waals surface area contributed by atoms with E-state index in [1.54, 1.807) is 12.1 Å². The van der Waals surface area contributed by atoms with Gasteiger partial charge in [-0.2, -0.15) is 12.6 Å². The van der Waals surface area contributed by atoms with Crippen molar-refractivity contribution in [2.45, 2.75) is 18.5 Å². The standard InChI is InChI=1S/C12H17N3O3S/c13-9(5-7-1-3-8(16)4-2-7)12(18)15-10(6-19)11(14)17/h1-4,9-10,16,19H,5-6,13H2,(H2,14,17)(H,15,18)/t9-,10-/m0/s1. The Bertz CT molecular complexity index is 450. The van der Waals surface area contributed by atoms with E-state index in [9.17, 15) is 9.59 Å². The summed E-state index contributed by atoms with van der Waals surface area (Å²) in [5.41, 5.74) is 11.6. The number of thiol groups is 1. The Morgan fingerprint density at radius 1 is 1.32 bits per heavy atom. The number of hydrogen-bond donors (Lipinski definition) is 5. The van der Waals surface area contributed by atoms with E-state index in [0.717, 1.165) is 5.56 Å². The van der Waals surface area contributed by atoms with E-state index in [2.05, 4.69) is 17.9 Å². The van der Waals surface area contributed by atoms with E-state index in [1.807, 2.05) is 0 Å². The van der Waals surface area contributed by atoms with Crippen LogP contribution in [-0.2, 0) is 16.0 Å². The van der Waals surface area contributed by atoms with Crippen molar-refractivity contribution in [2.24, 2.45) is 11.5 Å². The van der Waals surface area contributed by atoms with Crippen molar-refractivity contribution in [3.63, 3.8) is 0 Å². The molecule has 0 spiro atoms. The van der Waals surface area contributed by atoms with Crippen LogP contribution in [0.15, 0.2) is 24.3 Å². The molecule has 7 heteroatoms. The van der Waals surface area contributed by atoms with Crippen molar-refractivity contribution in [1.82, 2.24) is 5.32 Å². The summed E-state index contributed by atoms with van der Waals surface area (Å²) >= 11 is 3.92. The Kier molecular flexibility index (Phi) is 5.65. The fourth-order valence-electron chi connectivity index (χ4n) is 1.46. The van der Waals surface area contributed by atoms with Crippen LogP contribution < -0.4 is 16.8 Å². The van der Waals surface area contributed by atoms with Gasteiger partial charge in [-0.05, 0) is 24.1 Å². The van der Waals surface area contributed by atoms with Crippen LogP contribution in [0.25, 0.3) is 0 Å². The molecule has 0 heterocycles. The molecule has 104 valence electrons. The Hall–Kier alpha value is -1.73. The molecule has 0 saturated heterocycles. The van der Waals surface area contributed by atoms with Crippen LogP contribution in [0.5, 0.6) is 5.75 Å². The normalized spacial score (nSPS) is 13.6. The molecule has 0 aliphatic rings. The summed E-state index contributed by atoms with van der Waals surface area (Å²) in [7, 11) is 0. The van der Waals surface area contributed by atoms with Gasteiger partial charge in [0.15, 0.2) is 0 Å². The van der Waals surface area contributed by atoms with Gasteiger partial charge < -0.3 is 21.9 Å². The first kappa shape index (κ1) is 15.3. The molecule has 19 heavy (non-hydrogen) atoms. The first-order valence-electron chi connectivity index (χ1n) is 5.68. The number of nitrogens with one attached hydrogen (secondary N) is 1. The Morgan fingerprint density at radius 2 is 1.89 bits per heavy atom. The number of benzene rings is 1. The zero-order chi connectivity index (χ0) is 14.4. The van der Waals surface area contributed by atoms with Crippen LogP contribution in [0.4, 0.5) is 0 Å². The van der Waals surface area contributed by atoms with E-state index in [4.69, 9.17) is 16.6 Å². The number of carbonyl (C=O) groups is 2. The highest BCUT2D eigenvalue weighted by Crippen LogP contribution is 2.10. The minimum Gasteiger partial charge on any atom is -0.508 e. The summed E-state index contributed by atoms with van der Waals surface area (Å²) in [5, 5.41) is 11.6. The number of nitrogens with two attached hydrogens (primary N) is 2. The molecule has 1 aromatic carbocycles. The molecule has 6 N–H and O–H groups in total. The number of aromatic hydroxyl groups is 1. The van der Waals surface area contributed by atoms with Crippen molar-refractivity contribution in [2.75, 3.05) is 5.75 Å². The lowest BCUT2D eigenvalue weighted by Crippen LogP contribution is -2.51. The molecule has 1 aromatic rings. The summed E-state index contributed by atoms with van der Waals surface area (Å²) < 4.78 is 0. The van der Waals surface area contributed by atoms with Gasteiger partial charge in [-0.15, -0.1) is 0 Å². The lowest BCUT2D eigenvalue weighted by atomic mass is 10.1. The average molecular weight is 283 g/mol. The third-order valence-corrected chi connectivity index (χ3v) is 2.94. The molecular weight excluding hydrogens is 266 g/mol. The number of phenols is 1. The van der Waals surface area contributed by atoms with Crippen LogP contribution in [-0.4, -0.2) is 34.8 Å². The Morgan fingerprint density at radius 3 is 2.37 bits per heavy atom. The number of rotatable bonds is 6. The second-order valence-electron chi connectivity index (χ2n) is 4.12. The number of hydrogen-bond acceptors (Lipinski definition) is 5. The number of primary amides is 1. The molecule has 6 nitrogen and oxygen atoms in total. The van der Waals surface area contributed by atoms with E-state index in [-0.39, 0.29) is 11.5 Å². The predicted molar refractivity (Wildman–Crippen MR) is 74.8 cm³/mol. The summed E-state index contributed by atoms with van der Waals surface area (Å²) in [5.74, 6) is -0.857. The summed E-state index contributed by atoms with van der Waals surface area (Å²) in [4.78, 5) is 22.7. The highest BCUT2D eigenvalue weighted by atomic mass is 32.1. The second kappa shape index (κ2) is 7.01. The number of phenolic OH excluding ortho intramolecular Hbond substituents is 1. The van der Waals surface area contributed by atoms with Gasteiger partial charge in [-0.3, -0.25) is 9.59 Å². The summed E-state index contributed by atoms with van der Waals surface area (Å²) in [6.45, 7) is 0. The molecular formula is C12H17N3O3S. The summed E-state index contributed by atoms with van der Waals surface area (Å²) in [6, 6.07) is 4.74. The monoisotopic (exact) mass is 283 g/mol. The molecule has 2 amide bonds. The molecule has 0 bridgehead atoms. The van der Waals surface area contributed by atoms with Gasteiger partial charge in [0.25, 0.3) is 0 Å². The van der Waals surface area contributed by atoms with Gasteiger partial charge in [-0.25, -0.2) is 0 Å². The lowest BCUT2D eigenvalue weighted by molar-refractivity contribution is -0.127. The molecule has 0 aromatic heterocycles. The van der Waals surface area contributed by atoms with Gasteiger partial charge in [0.05, 0.1) is 6.04 Å².